The Morgan fingerprint density at radius 1 is 0.967 bits per heavy atom. The molecule has 0 atom stereocenters. The first kappa shape index (κ1) is 20.1. The molecule has 0 aliphatic carbocycles. The van der Waals surface area contributed by atoms with E-state index in [1.54, 1.807) is 18.2 Å². The summed E-state index contributed by atoms with van der Waals surface area (Å²) in [6.07, 6.45) is 0. The fraction of sp³-hybridized carbons (Fsp3) is 0.0870. The molecule has 2 N–H and O–H groups in total. The number of halogens is 2. The number of aryl methyl sites for hydroxylation is 1. The van der Waals surface area contributed by atoms with Crippen molar-refractivity contribution in [2.75, 3.05) is 17.2 Å². The Bertz CT molecular complexity index is 1230. The lowest BCUT2D eigenvalue weighted by Crippen LogP contribution is -2.22. The summed E-state index contributed by atoms with van der Waals surface area (Å²) >= 11 is 12.0. The summed E-state index contributed by atoms with van der Waals surface area (Å²) in [5.41, 5.74) is 4.22. The highest BCUT2D eigenvalue weighted by molar-refractivity contribution is 6.36. The van der Waals surface area contributed by atoms with Gasteiger partial charge in [-0.1, -0.05) is 65.2 Å². The summed E-state index contributed by atoms with van der Waals surface area (Å²) in [4.78, 5) is 21.6. The smallest absolute Gasteiger partial charge is 0.243 e. The van der Waals surface area contributed by atoms with Crippen molar-refractivity contribution in [1.29, 1.82) is 0 Å². The van der Waals surface area contributed by atoms with Crippen molar-refractivity contribution in [3.63, 3.8) is 0 Å². The van der Waals surface area contributed by atoms with Crippen LogP contribution in [0.5, 0.6) is 0 Å². The molecular formula is C23H18Cl2N4O. The average Bonchev–Trinajstić information content (AvgIpc) is 2.74. The van der Waals surface area contributed by atoms with E-state index < -0.39 is 0 Å². The molecule has 0 saturated heterocycles. The van der Waals surface area contributed by atoms with Gasteiger partial charge in [0.15, 0.2) is 0 Å². The third-order valence-corrected chi connectivity index (χ3v) is 5.06. The number of rotatable bonds is 5. The number of carbonyl (C=O) groups is 1. The van der Waals surface area contributed by atoms with Crippen LogP contribution in [0, 0.1) is 6.92 Å². The van der Waals surface area contributed by atoms with Crippen LogP contribution in [0.15, 0.2) is 66.7 Å². The molecule has 4 rings (SSSR count). The molecule has 0 fully saturated rings. The summed E-state index contributed by atoms with van der Waals surface area (Å²) in [6.45, 7) is 2.02. The number of carbonyl (C=O) groups excluding carboxylic acids is 1. The maximum absolute atomic E-state index is 12.4. The van der Waals surface area contributed by atoms with Gasteiger partial charge in [0.05, 0.1) is 28.5 Å². The normalized spacial score (nSPS) is 10.8. The minimum Gasteiger partial charge on any atom is -0.345 e. The van der Waals surface area contributed by atoms with E-state index in [1.165, 1.54) is 0 Å². The summed E-state index contributed by atoms with van der Waals surface area (Å²) in [5, 5.41) is 7.60. The Kier molecular flexibility index (Phi) is 5.84. The molecule has 0 bridgehead atoms. The van der Waals surface area contributed by atoms with Gasteiger partial charge in [-0.2, -0.15) is 0 Å². The average molecular weight is 437 g/mol. The SMILES string of the molecule is Cc1ccc2nc(NCC(=O)Nc3ccc(Cl)cc3Cl)nc(-c3ccccc3)c2c1. The fourth-order valence-electron chi connectivity index (χ4n) is 3.08. The Morgan fingerprint density at radius 2 is 1.77 bits per heavy atom. The van der Waals surface area contributed by atoms with Gasteiger partial charge >= 0.3 is 0 Å². The molecule has 0 aliphatic heterocycles. The van der Waals surface area contributed by atoms with Crippen LogP contribution in [0.4, 0.5) is 11.6 Å². The van der Waals surface area contributed by atoms with Crippen LogP contribution in [0.25, 0.3) is 22.2 Å². The van der Waals surface area contributed by atoms with Crippen LogP contribution in [-0.2, 0) is 4.79 Å². The summed E-state index contributed by atoms with van der Waals surface area (Å²) in [5.74, 6) is 0.107. The highest BCUT2D eigenvalue weighted by Gasteiger charge is 2.12. The van der Waals surface area contributed by atoms with Gasteiger partial charge in [0.2, 0.25) is 11.9 Å². The number of fused-ring (bicyclic) bond motifs is 1. The van der Waals surface area contributed by atoms with Gasteiger partial charge in [-0.25, -0.2) is 9.97 Å². The van der Waals surface area contributed by atoms with Gasteiger partial charge in [0.25, 0.3) is 0 Å². The lowest BCUT2D eigenvalue weighted by Gasteiger charge is -2.12. The van der Waals surface area contributed by atoms with Gasteiger partial charge in [-0.3, -0.25) is 4.79 Å². The van der Waals surface area contributed by atoms with Gasteiger partial charge in [0.1, 0.15) is 0 Å². The number of benzene rings is 3. The van der Waals surface area contributed by atoms with Gasteiger partial charge in [0, 0.05) is 16.0 Å². The summed E-state index contributed by atoms with van der Waals surface area (Å²) in [6, 6.07) is 20.8. The molecule has 150 valence electrons. The van der Waals surface area contributed by atoms with Crippen LogP contribution in [0.2, 0.25) is 10.0 Å². The Hall–Kier alpha value is -3.15. The van der Waals surface area contributed by atoms with E-state index in [1.807, 2.05) is 49.4 Å². The molecular weight excluding hydrogens is 419 g/mol. The molecule has 7 heteroatoms. The van der Waals surface area contributed by atoms with Crippen LogP contribution in [-0.4, -0.2) is 22.4 Å². The van der Waals surface area contributed by atoms with E-state index in [4.69, 9.17) is 23.2 Å². The largest absolute Gasteiger partial charge is 0.345 e. The first-order chi connectivity index (χ1) is 14.5. The second kappa shape index (κ2) is 8.69. The van der Waals surface area contributed by atoms with E-state index in [0.717, 1.165) is 27.7 Å². The van der Waals surface area contributed by atoms with Crippen molar-refractivity contribution < 1.29 is 4.79 Å². The van der Waals surface area contributed by atoms with Crippen molar-refractivity contribution in [2.45, 2.75) is 6.92 Å². The summed E-state index contributed by atoms with van der Waals surface area (Å²) in [7, 11) is 0. The van der Waals surface area contributed by atoms with Gasteiger partial charge in [-0.05, 0) is 37.3 Å². The van der Waals surface area contributed by atoms with Crippen molar-refractivity contribution >= 4 is 51.6 Å². The molecule has 5 nitrogen and oxygen atoms in total. The van der Waals surface area contributed by atoms with Gasteiger partial charge < -0.3 is 10.6 Å². The van der Waals surface area contributed by atoms with E-state index >= 15 is 0 Å². The zero-order valence-corrected chi connectivity index (χ0v) is 17.6. The number of hydrogen-bond donors (Lipinski definition) is 2. The predicted octanol–water partition coefficient (Wildman–Crippen LogP) is 5.96. The second-order valence-electron chi connectivity index (χ2n) is 6.81. The van der Waals surface area contributed by atoms with E-state index in [-0.39, 0.29) is 12.5 Å². The van der Waals surface area contributed by atoms with Crippen molar-refractivity contribution in [3.05, 3.63) is 82.3 Å². The first-order valence-corrected chi connectivity index (χ1v) is 10.1. The number of amides is 1. The van der Waals surface area contributed by atoms with Crippen molar-refractivity contribution in [2.24, 2.45) is 0 Å². The monoisotopic (exact) mass is 436 g/mol. The van der Waals surface area contributed by atoms with E-state index in [2.05, 4.69) is 26.7 Å². The second-order valence-corrected chi connectivity index (χ2v) is 7.65. The van der Waals surface area contributed by atoms with Crippen LogP contribution < -0.4 is 10.6 Å². The molecule has 0 spiro atoms. The molecule has 3 aromatic carbocycles. The standard InChI is InChI=1S/C23H18Cl2N4O/c1-14-7-9-19-17(11-14)22(15-5-3-2-4-6-15)29-23(28-19)26-13-21(30)27-20-10-8-16(24)12-18(20)25/h2-12H,13H2,1H3,(H,27,30)(H,26,28,29). The zero-order chi connectivity index (χ0) is 21.1. The van der Waals surface area contributed by atoms with Crippen LogP contribution >= 0.6 is 23.2 Å². The topological polar surface area (TPSA) is 66.9 Å². The maximum atomic E-state index is 12.4. The fourth-order valence-corrected chi connectivity index (χ4v) is 3.54. The van der Waals surface area contributed by atoms with E-state index in [9.17, 15) is 4.79 Å². The molecule has 0 saturated carbocycles. The number of aromatic nitrogens is 2. The predicted molar refractivity (Wildman–Crippen MR) is 123 cm³/mol. The third kappa shape index (κ3) is 4.53. The zero-order valence-electron chi connectivity index (χ0n) is 16.1. The molecule has 4 aromatic rings. The Morgan fingerprint density at radius 3 is 2.53 bits per heavy atom. The maximum Gasteiger partial charge on any atom is 0.243 e. The van der Waals surface area contributed by atoms with Crippen LogP contribution in [0.3, 0.4) is 0 Å². The van der Waals surface area contributed by atoms with Gasteiger partial charge in [-0.15, -0.1) is 0 Å². The Labute approximate surface area is 184 Å². The highest BCUT2D eigenvalue weighted by atomic mass is 35.5. The minimum absolute atomic E-state index is 0.00937. The lowest BCUT2D eigenvalue weighted by atomic mass is 10.0. The molecule has 0 unspecified atom stereocenters. The lowest BCUT2D eigenvalue weighted by molar-refractivity contribution is -0.114. The molecule has 1 heterocycles. The molecule has 1 amide bonds. The Balaban J connectivity index is 1.58. The molecule has 1 aromatic heterocycles. The quantitative estimate of drug-likeness (QED) is 0.404. The highest BCUT2D eigenvalue weighted by Crippen LogP contribution is 2.28. The third-order valence-electron chi connectivity index (χ3n) is 4.51. The first-order valence-electron chi connectivity index (χ1n) is 9.32. The van der Waals surface area contributed by atoms with Crippen molar-refractivity contribution in [3.8, 4) is 11.3 Å². The number of hydrogen-bond acceptors (Lipinski definition) is 4. The van der Waals surface area contributed by atoms with Crippen molar-refractivity contribution in [1.82, 2.24) is 9.97 Å². The van der Waals surface area contributed by atoms with E-state index in [0.29, 0.717) is 21.7 Å². The number of nitrogens with one attached hydrogen (secondary N) is 2. The molecule has 30 heavy (non-hydrogen) atoms. The summed E-state index contributed by atoms with van der Waals surface area (Å²) < 4.78 is 0. The number of nitrogens with zero attached hydrogens (tertiary/aromatic N) is 2. The van der Waals surface area contributed by atoms with Crippen LogP contribution in [0.1, 0.15) is 5.56 Å². The molecule has 0 aliphatic rings. The minimum atomic E-state index is -0.270. The number of anilines is 2. The molecule has 0 radical (unpaired) electrons.